The Morgan fingerprint density at radius 2 is 1.95 bits per heavy atom. The van der Waals surface area contributed by atoms with Crippen LogP contribution in [0.15, 0.2) is 18.3 Å². The summed E-state index contributed by atoms with van der Waals surface area (Å²) in [7, 11) is 1.93. The van der Waals surface area contributed by atoms with Crippen LogP contribution in [0.25, 0.3) is 0 Å². The lowest BCUT2D eigenvalue weighted by Gasteiger charge is -2.30. The van der Waals surface area contributed by atoms with Crippen molar-refractivity contribution >= 4 is 0 Å². The van der Waals surface area contributed by atoms with Gasteiger partial charge in [0.2, 0.25) is 5.88 Å². The summed E-state index contributed by atoms with van der Waals surface area (Å²) < 4.78 is 5.74. The zero-order valence-electron chi connectivity index (χ0n) is 12.8. The van der Waals surface area contributed by atoms with Crippen LogP contribution in [-0.2, 0) is 6.54 Å². The summed E-state index contributed by atoms with van der Waals surface area (Å²) in [6, 6.07) is 5.06. The van der Waals surface area contributed by atoms with E-state index in [0.717, 1.165) is 13.1 Å². The standard InChI is InChI=1S/C15H27N3O/c1-12(2)18(13(3)4)8-9-19-15-10-14(11-16-5)6-7-17-15/h6-7,10,12-13,16H,8-9,11H2,1-5H3. The fourth-order valence-corrected chi connectivity index (χ4v) is 2.21. The molecule has 19 heavy (non-hydrogen) atoms. The van der Waals surface area contributed by atoms with Crippen molar-refractivity contribution in [2.45, 2.75) is 46.3 Å². The van der Waals surface area contributed by atoms with Crippen molar-refractivity contribution in [1.82, 2.24) is 15.2 Å². The van der Waals surface area contributed by atoms with Gasteiger partial charge in [0.05, 0.1) is 0 Å². The molecule has 0 bridgehead atoms. The Hall–Kier alpha value is -1.13. The van der Waals surface area contributed by atoms with Crippen LogP contribution in [0, 0.1) is 0 Å². The number of nitrogens with one attached hydrogen (secondary N) is 1. The third-order valence-corrected chi connectivity index (χ3v) is 3.11. The summed E-state index contributed by atoms with van der Waals surface area (Å²) in [5.41, 5.74) is 1.19. The van der Waals surface area contributed by atoms with Crippen LogP contribution in [-0.4, -0.2) is 42.2 Å². The van der Waals surface area contributed by atoms with Crippen LogP contribution in [0.4, 0.5) is 0 Å². The number of ether oxygens (including phenoxy) is 1. The summed E-state index contributed by atoms with van der Waals surface area (Å²) in [6.45, 7) is 11.3. The van der Waals surface area contributed by atoms with Crippen molar-refractivity contribution in [3.8, 4) is 5.88 Å². The summed E-state index contributed by atoms with van der Waals surface area (Å²) in [5, 5.41) is 3.12. The van der Waals surface area contributed by atoms with Gasteiger partial charge in [-0.15, -0.1) is 0 Å². The van der Waals surface area contributed by atoms with Gasteiger partial charge < -0.3 is 10.1 Å². The van der Waals surface area contributed by atoms with Crippen LogP contribution in [0.3, 0.4) is 0 Å². The number of pyridine rings is 1. The molecule has 4 heteroatoms. The molecule has 0 amide bonds. The average Bonchev–Trinajstić information content (AvgIpc) is 2.34. The zero-order valence-corrected chi connectivity index (χ0v) is 12.8. The van der Waals surface area contributed by atoms with E-state index in [-0.39, 0.29) is 0 Å². The van der Waals surface area contributed by atoms with Gasteiger partial charge in [0.25, 0.3) is 0 Å². The first-order chi connectivity index (χ1) is 9.04. The number of aromatic nitrogens is 1. The fraction of sp³-hybridized carbons (Fsp3) is 0.667. The Kier molecular flexibility index (Phi) is 6.81. The highest BCUT2D eigenvalue weighted by atomic mass is 16.5. The molecule has 0 saturated carbocycles. The second kappa shape index (κ2) is 8.12. The van der Waals surface area contributed by atoms with E-state index < -0.39 is 0 Å². The van der Waals surface area contributed by atoms with Crippen molar-refractivity contribution in [3.05, 3.63) is 23.9 Å². The molecule has 0 spiro atoms. The van der Waals surface area contributed by atoms with Crippen LogP contribution >= 0.6 is 0 Å². The third-order valence-electron chi connectivity index (χ3n) is 3.11. The highest BCUT2D eigenvalue weighted by molar-refractivity contribution is 5.20. The molecule has 1 aromatic heterocycles. The first kappa shape index (κ1) is 15.9. The van der Waals surface area contributed by atoms with E-state index in [1.807, 2.05) is 19.2 Å². The quantitative estimate of drug-likeness (QED) is 0.782. The van der Waals surface area contributed by atoms with Crippen LogP contribution in [0.1, 0.15) is 33.3 Å². The van der Waals surface area contributed by atoms with Crippen LogP contribution in [0.2, 0.25) is 0 Å². The van der Waals surface area contributed by atoms with E-state index in [1.165, 1.54) is 5.56 Å². The van der Waals surface area contributed by atoms with E-state index >= 15 is 0 Å². The van der Waals surface area contributed by atoms with Gasteiger partial charge in [-0.1, -0.05) is 0 Å². The highest BCUT2D eigenvalue weighted by Crippen LogP contribution is 2.10. The van der Waals surface area contributed by atoms with Crippen LogP contribution < -0.4 is 10.1 Å². The lowest BCUT2D eigenvalue weighted by Crippen LogP contribution is -2.39. The maximum atomic E-state index is 5.74. The monoisotopic (exact) mass is 265 g/mol. The second-order valence-corrected chi connectivity index (χ2v) is 5.31. The smallest absolute Gasteiger partial charge is 0.213 e. The molecule has 1 N–H and O–H groups in total. The van der Waals surface area contributed by atoms with Gasteiger partial charge in [-0.25, -0.2) is 4.98 Å². The second-order valence-electron chi connectivity index (χ2n) is 5.31. The number of rotatable bonds is 8. The van der Waals surface area contributed by atoms with Crippen molar-refractivity contribution in [2.24, 2.45) is 0 Å². The van der Waals surface area contributed by atoms with E-state index in [1.54, 1.807) is 6.20 Å². The van der Waals surface area contributed by atoms with E-state index in [2.05, 4.69) is 42.9 Å². The van der Waals surface area contributed by atoms with Gasteiger partial charge in [0.15, 0.2) is 0 Å². The Morgan fingerprint density at radius 1 is 1.26 bits per heavy atom. The average molecular weight is 265 g/mol. The molecule has 1 rings (SSSR count). The predicted molar refractivity (Wildman–Crippen MR) is 79.5 cm³/mol. The maximum absolute atomic E-state index is 5.74. The molecule has 0 unspecified atom stereocenters. The van der Waals surface area contributed by atoms with Crippen LogP contribution in [0.5, 0.6) is 5.88 Å². The molecule has 0 fully saturated rings. The molecule has 0 radical (unpaired) electrons. The molecule has 0 aliphatic rings. The van der Waals surface area contributed by atoms with E-state index in [0.29, 0.717) is 24.6 Å². The minimum atomic E-state index is 0.534. The molecule has 0 atom stereocenters. The molecule has 0 aliphatic carbocycles. The summed E-state index contributed by atoms with van der Waals surface area (Å²) in [4.78, 5) is 6.65. The topological polar surface area (TPSA) is 37.4 Å². The molecule has 0 saturated heterocycles. The maximum Gasteiger partial charge on any atom is 0.213 e. The van der Waals surface area contributed by atoms with Crippen molar-refractivity contribution in [1.29, 1.82) is 0 Å². The van der Waals surface area contributed by atoms with E-state index in [9.17, 15) is 0 Å². The zero-order chi connectivity index (χ0) is 14.3. The molecule has 4 nitrogen and oxygen atoms in total. The molecular weight excluding hydrogens is 238 g/mol. The molecule has 108 valence electrons. The predicted octanol–water partition coefficient (Wildman–Crippen LogP) is 2.30. The highest BCUT2D eigenvalue weighted by Gasteiger charge is 2.12. The fourth-order valence-electron chi connectivity index (χ4n) is 2.21. The van der Waals surface area contributed by atoms with Crippen molar-refractivity contribution < 1.29 is 4.74 Å². The van der Waals surface area contributed by atoms with Gasteiger partial charge in [-0.2, -0.15) is 0 Å². The molecule has 1 heterocycles. The Balaban J connectivity index is 2.45. The van der Waals surface area contributed by atoms with Gasteiger partial charge >= 0.3 is 0 Å². The first-order valence-electron chi connectivity index (χ1n) is 7.02. The Labute approximate surface area is 117 Å². The van der Waals surface area contributed by atoms with Crippen molar-refractivity contribution in [3.63, 3.8) is 0 Å². The normalized spacial score (nSPS) is 11.6. The largest absolute Gasteiger partial charge is 0.476 e. The van der Waals surface area contributed by atoms with Crippen molar-refractivity contribution in [2.75, 3.05) is 20.2 Å². The summed E-state index contributed by atoms with van der Waals surface area (Å²) in [5.74, 6) is 0.709. The molecular formula is C15H27N3O. The van der Waals surface area contributed by atoms with E-state index in [4.69, 9.17) is 4.74 Å². The number of nitrogens with zero attached hydrogens (tertiary/aromatic N) is 2. The van der Waals surface area contributed by atoms with Gasteiger partial charge in [-0.3, -0.25) is 4.90 Å². The number of hydrogen-bond donors (Lipinski definition) is 1. The van der Waals surface area contributed by atoms with Gasteiger partial charge in [0, 0.05) is 37.4 Å². The van der Waals surface area contributed by atoms with Gasteiger partial charge in [0.1, 0.15) is 6.61 Å². The third kappa shape index (κ3) is 5.57. The minimum Gasteiger partial charge on any atom is -0.476 e. The first-order valence-corrected chi connectivity index (χ1v) is 7.02. The number of hydrogen-bond acceptors (Lipinski definition) is 4. The Morgan fingerprint density at radius 3 is 2.53 bits per heavy atom. The van der Waals surface area contributed by atoms with Gasteiger partial charge in [-0.05, 0) is 46.4 Å². The molecule has 0 aliphatic heterocycles. The molecule has 0 aromatic carbocycles. The Bertz CT molecular complexity index is 358. The lowest BCUT2D eigenvalue weighted by molar-refractivity contribution is 0.140. The molecule has 1 aromatic rings. The summed E-state index contributed by atoms with van der Waals surface area (Å²) in [6.07, 6.45) is 1.80. The summed E-state index contributed by atoms with van der Waals surface area (Å²) >= 11 is 0. The minimum absolute atomic E-state index is 0.534. The SMILES string of the molecule is CNCc1ccnc(OCCN(C(C)C)C(C)C)c1. The lowest BCUT2D eigenvalue weighted by atomic mass is 10.2.